The average molecular weight is 351 g/mol. The molecule has 0 aromatic carbocycles. The number of aliphatic hydroxyl groups excluding tert-OH is 1. The zero-order valence-corrected chi connectivity index (χ0v) is 14.9. The lowest BCUT2D eigenvalue weighted by Gasteiger charge is -2.42. The van der Waals surface area contributed by atoms with E-state index in [1.54, 1.807) is 0 Å². The number of nitrogens with zero attached hydrogens (tertiary/aromatic N) is 1. The molecule has 5 unspecified atom stereocenters. The van der Waals surface area contributed by atoms with Crippen molar-refractivity contribution in [2.75, 3.05) is 13.1 Å². The number of alkyl halides is 2. The first-order valence-electron chi connectivity index (χ1n) is 8.31. The largest absolute Gasteiger partial charge is 0.393 e. The third-order valence-electron chi connectivity index (χ3n) is 5.23. The molecule has 5 atom stereocenters. The highest BCUT2D eigenvalue weighted by atomic mass is 35.5. The second-order valence-electron chi connectivity index (χ2n) is 7.13. The number of likely N-dealkylation sites (tertiary alicyclic amines) is 1. The van der Waals surface area contributed by atoms with Crippen molar-refractivity contribution in [2.45, 2.75) is 62.4 Å². The molecule has 6 heteroatoms. The number of carbonyl (C=O) groups excluding carboxylic acids is 1. The molecule has 1 aliphatic carbocycles. The van der Waals surface area contributed by atoms with Crippen LogP contribution in [0.25, 0.3) is 0 Å². The summed E-state index contributed by atoms with van der Waals surface area (Å²) in [5, 5.41) is 9.99. The molecule has 1 aliphatic heterocycles. The number of hydrogen-bond donors (Lipinski definition) is 2. The van der Waals surface area contributed by atoms with Gasteiger partial charge in [0.05, 0.1) is 16.9 Å². The van der Waals surface area contributed by atoms with Crippen LogP contribution in [0, 0.1) is 17.8 Å². The van der Waals surface area contributed by atoms with Crippen LogP contribution in [0.1, 0.15) is 39.5 Å². The van der Waals surface area contributed by atoms with E-state index in [1.165, 1.54) is 0 Å². The van der Waals surface area contributed by atoms with Crippen molar-refractivity contribution in [1.29, 1.82) is 0 Å². The predicted molar refractivity (Wildman–Crippen MR) is 90.1 cm³/mol. The fourth-order valence-corrected chi connectivity index (χ4v) is 4.35. The Hall–Kier alpha value is -0.0300. The molecule has 0 bridgehead atoms. The predicted octanol–water partition coefficient (Wildman–Crippen LogP) is 2.19. The molecule has 2 aliphatic rings. The van der Waals surface area contributed by atoms with Crippen LogP contribution in [0.15, 0.2) is 0 Å². The van der Waals surface area contributed by atoms with Crippen molar-refractivity contribution < 1.29 is 9.90 Å². The summed E-state index contributed by atoms with van der Waals surface area (Å²) < 4.78 is 0. The smallest absolute Gasteiger partial charge is 0.225 e. The van der Waals surface area contributed by atoms with Crippen LogP contribution in [0.2, 0.25) is 0 Å². The van der Waals surface area contributed by atoms with Gasteiger partial charge in [0, 0.05) is 31.0 Å². The van der Waals surface area contributed by atoms with E-state index in [1.807, 2.05) is 18.7 Å². The molecule has 1 heterocycles. The zero-order chi connectivity index (χ0) is 16.4. The first kappa shape index (κ1) is 18.3. The van der Waals surface area contributed by atoms with Crippen molar-refractivity contribution in [2.24, 2.45) is 23.5 Å². The van der Waals surface area contributed by atoms with Crippen molar-refractivity contribution in [3.63, 3.8) is 0 Å². The van der Waals surface area contributed by atoms with Crippen LogP contribution >= 0.6 is 23.2 Å². The highest BCUT2D eigenvalue weighted by molar-refractivity contribution is 6.30. The van der Waals surface area contributed by atoms with Gasteiger partial charge in [-0.2, -0.15) is 0 Å². The van der Waals surface area contributed by atoms with Crippen molar-refractivity contribution >= 4 is 29.1 Å². The Morgan fingerprint density at radius 1 is 1.18 bits per heavy atom. The molecule has 0 aromatic rings. The second-order valence-corrected chi connectivity index (χ2v) is 8.25. The molecule has 0 spiro atoms. The molecule has 0 radical (unpaired) electrons. The van der Waals surface area contributed by atoms with Gasteiger partial charge in [0.1, 0.15) is 0 Å². The van der Waals surface area contributed by atoms with E-state index in [0.29, 0.717) is 18.8 Å². The maximum Gasteiger partial charge on any atom is 0.225 e. The Kier molecular flexibility index (Phi) is 6.40. The van der Waals surface area contributed by atoms with Gasteiger partial charge in [-0.05, 0) is 31.6 Å². The van der Waals surface area contributed by atoms with Gasteiger partial charge in [-0.15, -0.1) is 23.2 Å². The van der Waals surface area contributed by atoms with Gasteiger partial charge in [-0.25, -0.2) is 0 Å². The summed E-state index contributed by atoms with van der Waals surface area (Å²) in [6, 6.07) is -0.0725. The molecule has 22 heavy (non-hydrogen) atoms. The van der Waals surface area contributed by atoms with Gasteiger partial charge in [0.15, 0.2) is 0 Å². The molecular weight excluding hydrogens is 323 g/mol. The fourth-order valence-electron chi connectivity index (χ4n) is 3.75. The summed E-state index contributed by atoms with van der Waals surface area (Å²) in [4.78, 5) is 14.0. The van der Waals surface area contributed by atoms with E-state index in [-0.39, 0.29) is 34.5 Å². The number of amides is 1. The van der Waals surface area contributed by atoms with Crippen LogP contribution in [0.3, 0.4) is 0 Å². The average Bonchev–Trinajstić information content (AvgIpc) is 2.49. The van der Waals surface area contributed by atoms with Crippen molar-refractivity contribution in [1.82, 2.24) is 4.90 Å². The van der Waals surface area contributed by atoms with Gasteiger partial charge in [-0.1, -0.05) is 13.8 Å². The van der Waals surface area contributed by atoms with Gasteiger partial charge >= 0.3 is 0 Å². The molecule has 4 nitrogen and oxygen atoms in total. The quantitative estimate of drug-likeness (QED) is 0.766. The van der Waals surface area contributed by atoms with E-state index >= 15 is 0 Å². The number of piperidine rings is 1. The SMILES string of the molecule is CC(C)C(=O)N1CCC(C(N)C2CC(Cl)C(Cl)CC2O)CC1. The number of nitrogens with two attached hydrogens (primary N) is 1. The van der Waals surface area contributed by atoms with Crippen LogP contribution in [0.5, 0.6) is 0 Å². The molecule has 0 aromatic heterocycles. The molecule has 1 saturated heterocycles. The molecule has 1 saturated carbocycles. The highest BCUT2D eigenvalue weighted by Gasteiger charge is 2.40. The third-order valence-corrected chi connectivity index (χ3v) is 6.33. The summed E-state index contributed by atoms with van der Waals surface area (Å²) in [5.74, 6) is 0.611. The Labute approximate surface area is 143 Å². The van der Waals surface area contributed by atoms with Crippen LogP contribution in [0.4, 0.5) is 0 Å². The minimum Gasteiger partial charge on any atom is -0.393 e. The van der Waals surface area contributed by atoms with Gasteiger partial charge in [0.2, 0.25) is 5.91 Å². The van der Waals surface area contributed by atoms with Gasteiger partial charge < -0.3 is 15.7 Å². The Balaban J connectivity index is 1.89. The van der Waals surface area contributed by atoms with Gasteiger partial charge in [-0.3, -0.25) is 4.79 Å². The molecular formula is C16H28Cl2N2O2. The maximum absolute atomic E-state index is 12.0. The summed E-state index contributed by atoms with van der Waals surface area (Å²) in [7, 11) is 0. The first-order valence-corrected chi connectivity index (χ1v) is 9.19. The molecule has 1 amide bonds. The minimum absolute atomic E-state index is 0.00912. The summed E-state index contributed by atoms with van der Waals surface area (Å²) in [6.45, 7) is 5.39. The lowest BCUT2D eigenvalue weighted by Crippen LogP contribution is -2.52. The van der Waals surface area contributed by atoms with E-state index in [9.17, 15) is 9.90 Å². The Bertz CT molecular complexity index is 386. The van der Waals surface area contributed by atoms with Crippen LogP contribution in [-0.2, 0) is 4.79 Å². The van der Waals surface area contributed by atoms with E-state index in [4.69, 9.17) is 28.9 Å². The van der Waals surface area contributed by atoms with E-state index < -0.39 is 6.10 Å². The third kappa shape index (κ3) is 4.08. The number of aliphatic hydroxyl groups is 1. The van der Waals surface area contributed by atoms with E-state index in [2.05, 4.69) is 0 Å². The summed E-state index contributed by atoms with van der Waals surface area (Å²) in [5.41, 5.74) is 6.44. The lowest BCUT2D eigenvalue weighted by molar-refractivity contribution is -0.136. The summed E-state index contributed by atoms with van der Waals surface area (Å²) >= 11 is 12.4. The normalized spacial score (nSPS) is 35.7. The molecule has 2 fully saturated rings. The highest BCUT2D eigenvalue weighted by Crippen LogP contribution is 2.37. The number of carbonyl (C=O) groups is 1. The topological polar surface area (TPSA) is 66.6 Å². The second kappa shape index (κ2) is 7.69. The number of rotatable bonds is 3. The number of hydrogen-bond acceptors (Lipinski definition) is 3. The van der Waals surface area contributed by atoms with Crippen molar-refractivity contribution in [3.05, 3.63) is 0 Å². The van der Waals surface area contributed by atoms with Crippen LogP contribution < -0.4 is 5.73 Å². The monoisotopic (exact) mass is 350 g/mol. The van der Waals surface area contributed by atoms with E-state index in [0.717, 1.165) is 25.9 Å². The minimum atomic E-state index is -0.470. The van der Waals surface area contributed by atoms with Crippen molar-refractivity contribution in [3.8, 4) is 0 Å². The molecule has 128 valence electrons. The fraction of sp³-hybridized carbons (Fsp3) is 0.938. The number of halogens is 2. The molecule has 3 N–H and O–H groups in total. The lowest BCUT2D eigenvalue weighted by atomic mass is 9.74. The zero-order valence-electron chi connectivity index (χ0n) is 13.4. The van der Waals surface area contributed by atoms with Crippen LogP contribution in [-0.4, -0.2) is 51.9 Å². The van der Waals surface area contributed by atoms with Gasteiger partial charge in [0.25, 0.3) is 0 Å². The Morgan fingerprint density at radius 2 is 1.73 bits per heavy atom. The summed E-state index contributed by atoms with van der Waals surface area (Å²) in [6.07, 6.45) is 2.52. The molecule has 2 rings (SSSR count). The standard InChI is InChI=1S/C16H28Cl2N2O2/c1-9(2)16(22)20-5-3-10(4-6-20)15(19)11-7-12(17)13(18)8-14(11)21/h9-15,21H,3-8,19H2,1-2H3. The first-order chi connectivity index (χ1) is 10.3. The Morgan fingerprint density at radius 3 is 2.27 bits per heavy atom. The maximum atomic E-state index is 12.0.